The van der Waals surface area contributed by atoms with Crippen LogP contribution in [-0.4, -0.2) is 54.9 Å². The van der Waals surface area contributed by atoms with Gasteiger partial charge in [-0.1, -0.05) is 17.7 Å². The van der Waals surface area contributed by atoms with Crippen molar-refractivity contribution in [2.75, 3.05) is 33.3 Å². The molecule has 1 aliphatic heterocycles. The molecule has 2 aromatic carbocycles. The molecule has 5 heteroatoms. The minimum Gasteiger partial charge on any atom is -0.496 e. The highest BCUT2D eigenvalue weighted by molar-refractivity contribution is 5.95. The molecule has 0 N–H and O–H groups in total. The first-order valence-corrected chi connectivity index (χ1v) is 9.29. The first-order chi connectivity index (χ1) is 13.0. The van der Waals surface area contributed by atoms with Crippen molar-refractivity contribution in [1.29, 1.82) is 0 Å². The molecular weight excluding hydrogens is 340 g/mol. The van der Waals surface area contributed by atoms with Gasteiger partial charge in [0.1, 0.15) is 5.75 Å². The first kappa shape index (κ1) is 19.0. The van der Waals surface area contributed by atoms with Crippen LogP contribution in [0.25, 0.3) is 0 Å². The second kappa shape index (κ2) is 8.25. The number of methoxy groups -OCH3 is 1. The van der Waals surface area contributed by atoms with E-state index in [4.69, 9.17) is 4.74 Å². The van der Waals surface area contributed by atoms with Gasteiger partial charge in [0.05, 0.1) is 7.11 Å². The summed E-state index contributed by atoms with van der Waals surface area (Å²) in [5.74, 6) is 0.812. The van der Waals surface area contributed by atoms with Gasteiger partial charge in [-0.2, -0.15) is 0 Å². The number of hydrogen-bond donors (Lipinski definition) is 0. The third-order valence-electron chi connectivity index (χ3n) is 5.01. The molecule has 0 unspecified atom stereocenters. The van der Waals surface area contributed by atoms with Crippen LogP contribution in [0.5, 0.6) is 5.75 Å². The van der Waals surface area contributed by atoms with Gasteiger partial charge in [0.2, 0.25) is 0 Å². The summed E-state index contributed by atoms with van der Waals surface area (Å²) in [4.78, 5) is 29.3. The monoisotopic (exact) mass is 366 g/mol. The van der Waals surface area contributed by atoms with Crippen LogP contribution in [0.2, 0.25) is 0 Å². The van der Waals surface area contributed by atoms with E-state index in [1.165, 1.54) is 0 Å². The van der Waals surface area contributed by atoms with Gasteiger partial charge in [-0.15, -0.1) is 0 Å². The van der Waals surface area contributed by atoms with Gasteiger partial charge < -0.3 is 14.5 Å². The molecular formula is C22H26N2O3. The van der Waals surface area contributed by atoms with Crippen molar-refractivity contribution in [2.45, 2.75) is 20.3 Å². The SMILES string of the molecule is COc1ccc(C(=O)N2CCCN(C(=O)c3ccc(C)cc3)CC2)cc1C. The smallest absolute Gasteiger partial charge is 0.253 e. The third-order valence-corrected chi connectivity index (χ3v) is 5.01. The molecule has 3 rings (SSSR count). The maximum absolute atomic E-state index is 12.9. The Balaban J connectivity index is 1.67. The summed E-state index contributed by atoms with van der Waals surface area (Å²) >= 11 is 0. The number of carbonyl (C=O) groups excluding carboxylic acids is 2. The van der Waals surface area contributed by atoms with Gasteiger partial charge in [-0.05, 0) is 56.2 Å². The number of hydrogen-bond acceptors (Lipinski definition) is 3. The summed E-state index contributed by atoms with van der Waals surface area (Å²) in [5, 5.41) is 0. The maximum atomic E-state index is 12.9. The van der Waals surface area contributed by atoms with Gasteiger partial charge in [0.15, 0.2) is 0 Å². The van der Waals surface area contributed by atoms with E-state index in [-0.39, 0.29) is 11.8 Å². The van der Waals surface area contributed by atoms with E-state index in [2.05, 4.69) is 0 Å². The molecule has 5 nitrogen and oxygen atoms in total. The number of benzene rings is 2. The molecule has 2 amide bonds. The van der Waals surface area contributed by atoms with Crippen LogP contribution in [0, 0.1) is 13.8 Å². The molecule has 1 heterocycles. The minimum atomic E-state index is 0.00499. The topological polar surface area (TPSA) is 49.9 Å². The van der Waals surface area contributed by atoms with Gasteiger partial charge in [-0.25, -0.2) is 0 Å². The number of carbonyl (C=O) groups is 2. The lowest BCUT2D eigenvalue weighted by atomic mass is 10.1. The molecule has 0 aliphatic carbocycles. The summed E-state index contributed by atoms with van der Waals surface area (Å²) in [6, 6.07) is 13.1. The zero-order valence-corrected chi connectivity index (χ0v) is 16.2. The van der Waals surface area contributed by atoms with Crippen molar-refractivity contribution in [3.05, 3.63) is 64.7 Å². The average Bonchev–Trinajstić information content (AvgIpc) is 2.93. The summed E-state index contributed by atoms with van der Waals surface area (Å²) in [7, 11) is 1.62. The zero-order valence-electron chi connectivity index (χ0n) is 16.2. The van der Waals surface area contributed by atoms with Crippen molar-refractivity contribution in [3.63, 3.8) is 0 Å². The summed E-state index contributed by atoms with van der Waals surface area (Å²) in [6.07, 6.45) is 0.776. The normalized spacial score (nSPS) is 14.6. The molecule has 27 heavy (non-hydrogen) atoms. The molecule has 0 aromatic heterocycles. The lowest BCUT2D eigenvalue weighted by molar-refractivity contribution is 0.0718. The molecule has 2 aromatic rings. The van der Waals surface area contributed by atoms with Crippen LogP contribution >= 0.6 is 0 Å². The van der Waals surface area contributed by atoms with Gasteiger partial charge in [-0.3, -0.25) is 9.59 Å². The van der Waals surface area contributed by atoms with Gasteiger partial charge >= 0.3 is 0 Å². The quantitative estimate of drug-likeness (QED) is 0.837. The minimum absolute atomic E-state index is 0.00499. The fraction of sp³-hybridized carbons (Fsp3) is 0.364. The molecule has 142 valence electrons. The zero-order chi connectivity index (χ0) is 19.4. The fourth-order valence-electron chi connectivity index (χ4n) is 3.40. The lowest BCUT2D eigenvalue weighted by Crippen LogP contribution is -2.37. The Morgan fingerprint density at radius 2 is 1.37 bits per heavy atom. The highest BCUT2D eigenvalue weighted by Crippen LogP contribution is 2.20. The van der Waals surface area contributed by atoms with Crippen LogP contribution in [0.4, 0.5) is 0 Å². The summed E-state index contributed by atoms with van der Waals surface area (Å²) in [5.41, 5.74) is 3.43. The molecule has 0 saturated carbocycles. The van der Waals surface area contributed by atoms with Crippen LogP contribution < -0.4 is 4.74 Å². The van der Waals surface area contributed by atoms with E-state index in [0.717, 1.165) is 23.3 Å². The second-order valence-electron chi connectivity index (χ2n) is 6.99. The van der Waals surface area contributed by atoms with Gasteiger partial charge in [0.25, 0.3) is 11.8 Å². The van der Waals surface area contributed by atoms with E-state index in [1.54, 1.807) is 13.2 Å². The number of rotatable bonds is 3. The highest BCUT2D eigenvalue weighted by atomic mass is 16.5. The number of nitrogens with zero attached hydrogens (tertiary/aromatic N) is 2. The van der Waals surface area contributed by atoms with Gasteiger partial charge in [0, 0.05) is 37.3 Å². The third kappa shape index (κ3) is 4.30. The van der Waals surface area contributed by atoms with Crippen LogP contribution in [0.15, 0.2) is 42.5 Å². The Labute approximate surface area is 160 Å². The summed E-state index contributed by atoms with van der Waals surface area (Å²) < 4.78 is 5.27. The van der Waals surface area contributed by atoms with E-state index in [0.29, 0.717) is 37.3 Å². The van der Waals surface area contributed by atoms with Crippen LogP contribution in [0.3, 0.4) is 0 Å². The van der Waals surface area contributed by atoms with Crippen molar-refractivity contribution in [3.8, 4) is 5.75 Å². The highest BCUT2D eigenvalue weighted by Gasteiger charge is 2.23. The maximum Gasteiger partial charge on any atom is 0.253 e. The Morgan fingerprint density at radius 3 is 1.93 bits per heavy atom. The molecule has 0 bridgehead atoms. The molecule has 0 spiro atoms. The van der Waals surface area contributed by atoms with Crippen molar-refractivity contribution in [1.82, 2.24) is 9.80 Å². The van der Waals surface area contributed by atoms with E-state index < -0.39 is 0 Å². The lowest BCUT2D eigenvalue weighted by Gasteiger charge is -2.22. The molecule has 0 radical (unpaired) electrons. The molecule has 1 aliphatic rings. The fourth-order valence-corrected chi connectivity index (χ4v) is 3.40. The first-order valence-electron chi connectivity index (χ1n) is 9.29. The Bertz CT molecular complexity index is 830. The van der Waals surface area contributed by atoms with E-state index >= 15 is 0 Å². The number of aryl methyl sites for hydroxylation is 2. The number of ether oxygens (including phenoxy) is 1. The predicted molar refractivity (Wildman–Crippen MR) is 105 cm³/mol. The number of amides is 2. The van der Waals surface area contributed by atoms with E-state index in [9.17, 15) is 9.59 Å². The standard InChI is InChI=1S/C22H26N2O3/c1-16-5-7-18(8-6-16)21(25)23-11-4-12-24(14-13-23)22(26)19-9-10-20(27-3)17(2)15-19/h5-10,15H,4,11-14H2,1-3H3. The molecule has 0 atom stereocenters. The van der Waals surface area contributed by atoms with Crippen molar-refractivity contribution < 1.29 is 14.3 Å². The van der Waals surface area contributed by atoms with Crippen LogP contribution in [0.1, 0.15) is 38.3 Å². The average molecular weight is 366 g/mol. The largest absolute Gasteiger partial charge is 0.496 e. The van der Waals surface area contributed by atoms with Crippen LogP contribution in [-0.2, 0) is 0 Å². The Morgan fingerprint density at radius 1 is 0.815 bits per heavy atom. The molecule has 1 saturated heterocycles. The Hall–Kier alpha value is -2.82. The second-order valence-corrected chi connectivity index (χ2v) is 6.99. The molecule has 1 fully saturated rings. The Kier molecular flexibility index (Phi) is 5.79. The summed E-state index contributed by atoms with van der Waals surface area (Å²) in [6.45, 7) is 6.35. The van der Waals surface area contributed by atoms with E-state index in [1.807, 2.05) is 60.0 Å². The van der Waals surface area contributed by atoms with Crippen molar-refractivity contribution in [2.24, 2.45) is 0 Å². The predicted octanol–water partition coefficient (Wildman–Crippen LogP) is 3.30. The van der Waals surface area contributed by atoms with Crippen molar-refractivity contribution >= 4 is 11.8 Å².